The van der Waals surface area contributed by atoms with E-state index in [4.69, 9.17) is 20.8 Å². The number of furan rings is 1. The van der Waals surface area contributed by atoms with Crippen LogP contribution < -0.4 is 5.32 Å². The maximum atomic E-state index is 12.1. The topological polar surface area (TPSA) is 68.5 Å². The monoisotopic (exact) mass is 385 g/mol. The summed E-state index contributed by atoms with van der Waals surface area (Å²) in [5.41, 5.74) is 5.19. The summed E-state index contributed by atoms with van der Waals surface area (Å²) < 4.78 is 10.6. The van der Waals surface area contributed by atoms with E-state index >= 15 is 0 Å². The number of carbonyl (C=O) groups excluding carboxylic acids is 2. The van der Waals surface area contributed by atoms with Crippen LogP contribution in [0.1, 0.15) is 22.3 Å². The van der Waals surface area contributed by atoms with Gasteiger partial charge in [-0.15, -0.1) is 0 Å². The molecule has 0 unspecified atom stereocenters. The van der Waals surface area contributed by atoms with Gasteiger partial charge in [-0.2, -0.15) is 0 Å². The van der Waals surface area contributed by atoms with Crippen molar-refractivity contribution >= 4 is 40.1 Å². The molecule has 0 aliphatic heterocycles. The van der Waals surface area contributed by atoms with Crippen LogP contribution in [0.3, 0.4) is 0 Å². The number of hydrogen-bond acceptors (Lipinski definition) is 4. The van der Waals surface area contributed by atoms with E-state index in [9.17, 15) is 9.59 Å². The van der Waals surface area contributed by atoms with Crippen molar-refractivity contribution in [3.63, 3.8) is 0 Å². The van der Waals surface area contributed by atoms with Crippen molar-refractivity contribution in [2.45, 2.75) is 27.2 Å². The molecule has 0 aliphatic carbocycles. The zero-order valence-electron chi connectivity index (χ0n) is 15.4. The number of rotatable bonds is 5. The molecule has 3 aromatic rings. The molecule has 0 bridgehead atoms. The van der Waals surface area contributed by atoms with Gasteiger partial charge < -0.3 is 14.5 Å². The van der Waals surface area contributed by atoms with E-state index in [1.165, 1.54) is 0 Å². The number of ether oxygens (including phenoxy) is 1. The highest BCUT2D eigenvalue weighted by molar-refractivity contribution is 6.30. The number of nitrogens with one attached hydrogen (secondary N) is 1. The quantitative estimate of drug-likeness (QED) is 0.644. The molecule has 0 atom stereocenters. The number of carbonyl (C=O) groups is 2. The van der Waals surface area contributed by atoms with Gasteiger partial charge in [-0.3, -0.25) is 9.59 Å². The van der Waals surface area contributed by atoms with Crippen LogP contribution in [0.25, 0.3) is 11.0 Å². The average Bonchev–Trinajstić information content (AvgIpc) is 2.98. The van der Waals surface area contributed by atoms with Crippen LogP contribution in [-0.2, 0) is 20.7 Å². The molecule has 0 saturated heterocycles. The average molecular weight is 386 g/mol. The number of halogens is 1. The zero-order chi connectivity index (χ0) is 19.6. The lowest BCUT2D eigenvalue weighted by Gasteiger charge is -2.09. The van der Waals surface area contributed by atoms with E-state index in [-0.39, 0.29) is 13.0 Å². The molecule has 1 heterocycles. The van der Waals surface area contributed by atoms with Gasteiger partial charge in [0.2, 0.25) is 0 Å². The van der Waals surface area contributed by atoms with Crippen molar-refractivity contribution in [3.05, 3.63) is 63.9 Å². The summed E-state index contributed by atoms with van der Waals surface area (Å²) in [6, 6.07) is 9.08. The first-order valence-corrected chi connectivity index (χ1v) is 8.90. The van der Waals surface area contributed by atoms with Crippen molar-refractivity contribution in [1.82, 2.24) is 0 Å². The fraction of sp³-hybridized carbons (Fsp3) is 0.238. The first-order chi connectivity index (χ1) is 12.8. The van der Waals surface area contributed by atoms with E-state index < -0.39 is 11.9 Å². The molecule has 5 nitrogen and oxygen atoms in total. The van der Waals surface area contributed by atoms with Gasteiger partial charge >= 0.3 is 5.97 Å². The molecule has 2 aromatic carbocycles. The Hall–Kier alpha value is -2.79. The molecule has 0 fully saturated rings. The summed E-state index contributed by atoms with van der Waals surface area (Å²) in [5, 5.41) is 4.18. The molecule has 0 aliphatic rings. The SMILES string of the molecule is Cc1cc2occ(CC(=O)OCC(=O)Nc3ccc(Cl)cc3C)c2cc1C. The Morgan fingerprint density at radius 2 is 1.81 bits per heavy atom. The molecular weight excluding hydrogens is 366 g/mol. The zero-order valence-corrected chi connectivity index (χ0v) is 16.1. The van der Waals surface area contributed by atoms with Crippen molar-refractivity contribution in [1.29, 1.82) is 0 Å². The standard InChI is InChI=1S/C21H20ClNO4/c1-12-7-17-15(10-26-19(17)8-13(12)2)9-21(25)27-11-20(24)23-18-5-4-16(22)6-14(18)3/h4-8,10H,9,11H2,1-3H3,(H,23,24). The van der Waals surface area contributed by atoms with Crippen LogP contribution in [0.2, 0.25) is 5.02 Å². The first-order valence-electron chi connectivity index (χ1n) is 8.52. The summed E-state index contributed by atoms with van der Waals surface area (Å²) >= 11 is 5.89. The fourth-order valence-corrected chi connectivity index (χ4v) is 3.01. The molecule has 6 heteroatoms. The largest absolute Gasteiger partial charge is 0.464 e. The number of fused-ring (bicyclic) bond motifs is 1. The van der Waals surface area contributed by atoms with Gasteiger partial charge in [0, 0.05) is 21.7 Å². The highest BCUT2D eigenvalue weighted by Gasteiger charge is 2.14. The number of benzene rings is 2. The lowest BCUT2D eigenvalue weighted by atomic mass is 10.0. The van der Waals surface area contributed by atoms with Gasteiger partial charge in [0.15, 0.2) is 6.61 Å². The van der Waals surface area contributed by atoms with Crippen molar-refractivity contribution in [2.24, 2.45) is 0 Å². The Labute approximate surface area is 162 Å². The predicted octanol–water partition coefficient (Wildman–Crippen LogP) is 4.74. The summed E-state index contributed by atoms with van der Waals surface area (Å²) in [7, 11) is 0. The minimum Gasteiger partial charge on any atom is -0.464 e. The summed E-state index contributed by atoms with van der Waals surface area (Å²) in [4.78, 5) is 24.1. The second-order valence-corrected chi connectivity index (χ2v) is 6.97. The second kappa shape index (κ2) is 7.84. The Kier molecular flexibility index (Phi) is 5.51. The number of amides is 1. The molecule has 140 valence electrons. The molecule has 27 heavy (non-hydrogen) atoms. The number of aryl methyl sites for hydroxylation is 3. The molecule has 0 spiro atoms. The molecular formula is C21H20ClNO4. The molecule has 1 amide bonds. The van der Waals surface area contributed by atoms with Gasteiger partial charge in [-0.05, 0) is 67.8 Å². The van der Waals surface area contributed by atoms with Crippen LogP contribution in [0, 0.1) is 20.8 Å². The summed E-state index contributed by atoms with van der Waals surface area (Å²) in [5.74, 6) is -0.892. The molecule has 0 saturated carbocycles. The van der Waals surface area contributed by atoms with Gasteiger partial charge in [0.1, 0.15) is 5.58 Å². The normalized spacial score (nSPS) is 10.8. The molecule has 3 rings (SSSR count). The van der Waals surface area contributed by atoms with Crippen molar-refractivity contribution in [3.8, 4) is 0 Å². The van der Waals surface area contributed by atoms with Crippen LogP contribution >= 0.6 is 11.6 Å². The molecule has 1 aromatic heterocycles. The van der Waals surface area contributed by atoms with Crippen molar-refractivity contribution < 1.29 is 18.7 Å². The van der Waals surface area contributed by atoms with Crippen LogP contribution in [0.4, 0.5) is 5.69 Å². The predicted molar refractivity (Wildman–Crippen MR) is 105 cm³/mol. The highest BCUT2D eigenvalue weighted by atomic mass is 35.5. The number of anilines is 1. The second-order valence-electron chi connectivity index (χ2n) is 6.54. The van der Waals surface area contributed by atoms with E-state index in [0.717, 1.165) is 33.2 Å². The van der Waals surface area contributed by atoms with Crippen LogP contribution in [0.15, 0.2) is 41.0 Å². The fourth-order valence-electron chi connectivity index (χ4n) is 2.78. The lowest BCUT2D eigenvalue weighted by molar-refractivity contribution is -0.146. The van der Waals surface area contributed by atoms with E-state index in [0.29, 0.717) is 10.7 Å². The minimum absolute atomic E-state index is 0.0444. The maximum Gasteiger partial charge on any atom is 0.310 e. The molecule has 1 N–H and O–H groups in total. The Bertz CT molecular complexity index is 1020. The first kappa shape index (κ1) is 19.0. The van der Waals surface area contributed by atoms with Gasteiger partial charge in [0.25, 0.3) is 5.91 Å². The third kappa shape index (κ3) is 4.49. The maximum absolute atomic E-state index is 12.1. The molecule has 0 radical (unpaired) electrons. The smallest absolute Gasteiger partial charge is 0.310 e. The summed E-state index contributed by atoms with van der Waals surface area (Å²) in [6.07, 6.45) is 1.60. The highest BCUT2D eigenvalue weighted by Crippen LogP contribution is 2.25. The Morgan fingerprint density at radius 1 is 1.07 bits per heavy atom. The Balaban J connectivity index is 1.58. The third-order valence-electron chi connectivity index (χ3n) is 4.43. The van der Waals surface area contributed by atoms with Crippen LogP contribution in [-0.4, -0.2) is 18.5 Å². The van der Waals surface area contributed by atoms with Crippen LogP contribution in [0.5, 0.6) is 0 Å². The Morgan fingerprint density at radius 3 is 2.56 bits per heavy atom. The summed E-state index contributed by atoms with van der Waals surface area (Å²) in [6.45, 7) is 5.50. The van der Waals surface area contributed by atoms with Crippen molar-refractivity contribution in [2.75, 3.05) is 11.9 Å². The van der Waals surface area contributed by atoms with Gasteiger partial charge in [-0.1, -0.05) is 11.6 Å². The van der Waals surface area contributed by atoms with E-state index in [1.807, 2.05) is 32.9 Å². The van der Waals surface area contributed by atoms with E-state index in [1.54, 1.807) is 24.5 Å². The third-order valence-corrected chi connectivity index (χ3v) is 4.67. The van der Waals surface area contributed by atoms with E-state index in [2.05, 4.69) is 5.32 Å². The lowest BCUT2D eigenvalue weighted by Crippen LogP contribution is -2.22. The number of esters is 1. The minimum atomic E-state index is -0.487. The van der Waals surface area contributed by atoms with Gasteiger partial charge in [-0.25, -0.2) is 0 Å². The number of hydrogen-bond donors (Lipinski definition) is 1. The van der Waals surface area contributed by atoms with Gasteiger partial charge in [0.05, 0.1) is 12.7 Å².